The molecule has 1 heterocycles. The molecule has 112 valence electrons. The topological polar surface area (TPSA) is 49.4 Å². The average molecular weight is 296 g/mol. The van der Waals surface area contributed by atoms with E-state index in [4.69, 9.17) is 0 Å². The Hall–Kier alpha value is -0.910. The largest absolute Gasteiger partial charge is 0.309 e. The molecule has 4 nitrogen and oxygen atoms in total. The Kier molecular flexibility index (Phi) is 5.18. The fraction of sp³-hybridized carbons (Fsp3) is 0.600. The fourth-order valence-corrected chi connectivity index (χ4v) is 3.89. The molecular weight excluding hydrogens is 272 g/mol. The highest BCUT2D eigenvalue weighted by atomic mass is 32.2. The number of hydrogen-bond donors (Lipinski definition) is 1. The van der Waals surface area contributed by atoms with Crippen LogP contribution in [0.15, 0.2) is 30.3 Å². The lowest BCUT2D eigenvalue weighted by atomic mass is 10.1. The van der Waals surface area contributed by atoms with E-state index < -0.39 is 9.84 Å². The number of nitrogens with one attached hydrogen (secondary N) is 1. The van der Waals surface area contributed by atoms with Crippen LogP contribution in [0.3, 0.4) is 0 Å². The summed E-state index contributed by atoms with van der Waals surface area (Å²) in [4.78, 5) is 2.29. The molecule has 20 heavy (non-hydrogen) atoms. The lowest BCUT2D eigenvalue weighted by molar-refractivity contribution is 0.220. The van der Waals surface area contributed by atoms with E-state index >= 15 is 0 Å². The van der Waals surface area contributed by atoms with E-state index in [1.165, 1.54) is 11.8 Å². The normalized spacial score (nSPS) is 23.2. The third-order valence-corrected chi connectivity index (χ3v) is 4.89. The molecule has 5 heteroatoms. The summed E-state index contributed by atoms with van der Waals surface area (Å²) in [5.41, 5.74) is 1.27. The van der Waals surface area contributed by atoms with E-state index in [-0.39, 0.29) is 17.8 Å². The highest BCUT2D eigenvalue weighted by molar-refractivity contribution is 7.90. The predicted molar refractivity (Wildman–Crippen MR) is 82.5 cm³/mol. The summed E-state index contributed by atoms with van der Waals surface area (Å²) in [6.45, 7) is 4.80. The van der Waals surface area contributed by atoms with Gasteiger partial charge < -0.3 is 5.32 Å². The first-order valence-electron chi connectivity index (χ1n) is 7.16. The maximum Gasteiger partial charge on any atom is 0.148 e. The third kappa shape index (κ3) is 4.58. The van der Waals surface area contributed by atoms with Gasteiger partial charge in [-0.25, -0.2) is 8.42 Å². The number of sulfone groups is 1. The van der Waals surface area contributed by atoms with Gasteiger partial charge in [-0.05, 0) is 32.0 Å². The van der Waals surface area contributed by atoms with Crippen molar-refractivity contribution < 1.29 is 8.42 Å². The lowest BCUT2D eigenvalue weighted by Gasteiger charge is -2.29. The van der Waals surface area contributed by atoms with Gasteiger partial charge in [0.25, 0.3) is 0 Å². The van der Waals surface area contributed by atoms with Gasteiger partial charge in [0.15, 0.2) is 0 Å². The van der Waals surface area contributed by atoms with Crippen molar-refractivity contribution in [3.8, 4) is 0 Å². The van der Waals surface area contributed by atoms with Crippen LogP contribution >= 0.6 is 0 Å². The van der Waals surface area contributed by atoms with E-state index in [1.54, 1.807) is 0 Å². The van der Waals surface area contributed by atoms with Crippen molar-refractivity contribution in [1.29, 1.82) is 0 Å². The van der Waals surface area contributed by atoms with E-state index in [0.29, 0.717) is 0 Å². The quantitative estimate of drug-likeness (QED) is 0.914. The third-order valence-electron chi connectivity index (χ3n) is 3.80. The molecule has 0 radical (unpaired) electrons. The van der Waals surface area contributed by atoms with Gasteiger partial charge in [-0.2, -0.15) is 0 Å². The first-order chi connectivity index (χ1) is 9.46. The van der Waals surface area contributed by atoms with Crippen LogP contribution in [0.4, 0.5) is 0 Å². The molecule has 1 N–H and O–H groups in total. The summed E-state index contributed by atoms with van der Waals surface area (Å²) in [6.07, 6.45) is 2.37. The molecule has 2 unspecified atom stereocenters. The molecule has 1 aliphatic heterocycles. The van der Waals surface area contributed by atoms with Crippen LogP contribution in [0.2, 0.25) is 0 Å². The molecule has 1 aliphatic rings. The van der Waals surface area contributed by atoms with Crippen LogP contribution in [0.25, 0.3) is 0 Å². The number of hydrogen-bond acceptors (Lipinski definition) is 4. The summed E-state index contributed by atoms with van der Waals surface area (Å²) < 4.78 is 23.0. The number of benzene rings is 1. The van der Waals surface area contributed by atoms with Crippen molar-refractivity contribution >= 4 is 9.84 Å². The summed E-state index contributed by atoms with van der Waals surface area (Å²) in [6, 6.07) is 10.7. The molecule has 2 atom stereocenters. The second-order valence-corrected chi connectivity index (χ2v) is 7.89. The summed E-state index contributed by atoms with van der Waals surface area (Å²) in [5, 5.41) is 3.55. The van der Waals surface area contributed by atoms with Crippen molar-refractivity contribution in [3.63, 3.8) is 0 Å². The first kappa shape index (κ1) is 15.5. The molecule has 0 bridgehead atoms. The zero-order valence-corrected chi connectivity index (χ0v) is 13.1. The smallest absolute Gasteiger partial charge is 0.148 e. The van der Waals surface area contributed by atoms with Gasteiger partial charge in [0.1, 0.15) is 9.84 Å². The fourth-order valence-electron chi connectivity index (χ4n) is 2.80. The monoisotopic (exact) mass is 296 g/mol. The van der Waals surface area contributed by atoms with Gasteiger partial charge in [-0.15, -0.1) is 0 Å². The van der Waals surface area contributed by atoms with Crippen LogP contribution in [0.5, 0.6) is 0 Å². The lowest BCUT2D eigenvalue weighted by Crippen LogP contribution is -2.41. The van der Waals surface area contributed by atoms with Crippen LogP contribution < -0.4 is 5.32 Å². The van der Waals surface area contributed by atoms with Crippen molar-refractivity contribution in [2.24, 2.45) is 0 Å². The zero-order chi connectivity index (χ0) is 14.6. The van der Waals surface area contributed by atoms with E-state index in [9.17, 15) is 8.42 Å². The minimum atomic E-state index is -2.93. The molecule has 0 spiro atoms. The molecule has 1 aromatic carbocycles. The van der Waals surface area contributed by atoms with Crippen molar-refractivity contribution in [2.75, 3.05) is 31.6 Å². The van der Waals surface area contributed by atoms with E-state index in [2.05, 4.69) is 22.3 Å². The van der Waals surface area contributed by atoms with Crippen LogP contribution in [-0.2, 0) is 9.84 Å². The van der Waals surface area contributed by atoms with Crippen molar-refractivity contribution in [3.05, 3.63) is 35.9 Å². The Bertz CT molecular complexity index is 516. The zero-order valence-electron chi connectivity index (χ0n) is 12.2. The van der Waals surface area contributed by atoms with E-state index in [0.717, 1.165) is 26.1 Å². The molecule has 1 fully saturated rings. The van der Waals surface area contributed by atoms with Crippen LogP contribution in [0.1, 0.15) is 24.9 Å². The Morgan fingerprint density at radius 3 is 2.70 bits per heavy atom. The molecular formula is C15H24N2O2S. The maximum atomic E-state index is 11.5. The molecule has 1 aromatic rings. The van der Waals surface area contributed by atoms with Crippen molar-refractivity contribution in [1.82, 2.24) is 10.2 Å². The Morgan fingerprint density at radius 2 is 2.05 bits per heavy atom. The maximum absolute atomic E-state index is 11.5. The molecule has 0 amide bonds. The second-order valence-electron chi connectivity index (χ2n) is 5.71. The number of rotatable bonds is 4. The van der Waals surface area contributed by atoms with Crippen LogP contribution in [0, 0.1) is 0 Å². The summed E-state index contributed by atoms with van der Waals surface area (Å²) >= 11 is 0. The highest BCUT2D eigenvalue weighted by Gasteiger charge is 2.24. The van der Waals surface area contributed by atoms with Gasteiger partial charge >= 0.3 is 0 Å². The molecule has 0 aromatic heterocycles. The van der Waals surface area contributed by atoms with E-state index in [1.807, 2.05) is 25.1 Å². The Morgan fingerprint density at radius 1 is 1.35 bits per heavy atom. The SMILES string of the molecule is CC(CS(C)(=O)=O)N1CCCNC(c2ccccc2)C1. The Balaban J connectivity index is 2.07. The van der Waals surface area contributed by atoms with Gasteiger partial charge in [-0.1, -0.05) is 30.3 Å². The molecule has 1 saturated heterocycles. The standard InChI is InChI=1S/C15H24N2O2S/c1-13(12-20(2,18)19)17-10-6-9-16-15(11-17)14-7-4-3-5-8-14/h3-5,7-8,13,15-16H,6,9-12H2,1-2H3. The first-order valence-corrected chi connectivity index (χ1v) is 9.22. The molecule has 2 rings (SSSR count). The minimum Gasteiger partial charge on any atom is -0.309 e. The van der Waals surface area contributed by atoms with Crippen LogP contribution in [-0.4, -0.2) is 51.0 Å². The summed E-state index contributed by atoms with van der Waals surface area (Å²) in [7, 11) is -2.93. The predicted octanol–water partition coefficient (Wildman–Crippen LogP) is 1.46. The Labute approximate surface area is 122 Å². The second kappa shape index (κ2) is 6.70. The highest BCUT2D eigenvalue weighted by Crippen LogP contribution is 2.18. The number of nitrogens with zero attached hydrogens (tertiary/aromatic N) is 1. The molecule has 0 aliphatic carbocycles. The minimum absolute atomic E-state index is 0.0658. The van der Waals surface area contributed by atoms with Gasteiger partial charge in [0.05, 0.1) is 5.75 Å². The average Bonchev–Trinajstić information content (AvgIpc) is 2.63. The molecule has 0 saturated carbocycles. The van der Waals surface area contributed by atoms with Gasteiger partial charge in [0.2, 0.25) is 0 Å². The van der Waals surface area contributed by atoms with Gasteiger partial charge in [-0.3, -0.25) is 4.90 Å². The van der Waals surface area contributed by atoms with Crippen molar-refractivity contribution in [2.45, 2.75) is 25.4 Å². The van der Waals surface area contributed by atoms with Gasteiger partial charge in [0, 0.05) is 24.9 Å². The summed E-state index contributed by atoms with van der Waals surface area (Å²) in [5.74, 6) is 0.231.